The van der Waals surface area contributed by atoms with Gasteiger partial charge in [0.2, 0.25) is 5.91 Å². The lowest BCUT2D eigenvalue weighted by Gasteiger charge is -2.37. The fourth-order valence-corrected chi connectivity index (χ4v) is 3.20. The molecular weight excluding hydrogens is 238 g/mol. The van der Waals surface area contributed by atoms with Gasteiger partial charge in [-0.2, -0.15) is 0 Å². The highest BCUT2D eigenvalue weighted by molar-refractivity contribution is 5.83. The fourth-order valence-electron chi connectivity index (χ4n) is 3.20. The summed E-state index contributed by atoms with van der Waals surface area (Å²) in [5.41, 5.74) is 2.53. The average Bonchev–Trinajstić information content (AvgIpc) is 3.05. The second kappa shape index (κ2) is 4.34. The van der Waals surface area contributed by atoms with Crippen molar-refractivity contribution in [3.8, 4) is 0 Å². The van der Waals surface area contributed by atoms with Gasteiger partial charge in [0.05, 0.1) is 12.6 Å². The molecule has 0 saturated heterocycles. The number of aliphatic hydroxyl groups is 1. The maximum atomic E-state index is 12.6. The molecule has 1 aromatic rings. The van der Waals surface area contributed by atoms with E-state index in [1.54, 1.807) is 0 Å². The van der Waals surface area contributed by atoms with Crippen LogP contribution in [0.3, 0.4) is 0 Å². The lowest BCUT2D eigenvalue weighted by Crippen LogP contribution is -2.42. The predicted molar refractivity (Wildman–Crippen MR) is 73.6 cm³/mol. The topological polar surface area (TPSA) is 40.5 Å². The molecule has 2 aliphatic rings. The van der Waals surface area contributed by atoms with Crippen molar-refractivity contribution < 1.29 is 9.90 Å². The summed E-state index contributed by atoms with van der Waals surface area (Å²) in [6.45, 7) is 5.02. The summed E-state index contributed by atoms with van der Waals surface area (Å²) in [5, 5.41) is 9.70. The third kappa shape index (κ3) is 2.06. The summed E-state index contributed by atoms with van der Waals surface area (Å²) in [6.07, 6.45) is 1.87. The van der Waals surface area contributed by atoms with E-state index in [4.69, 9.17) is 0 Å². The molecule has 1 amide bonds. The zero-order valence-electron chi connectivity index (χ0n) is 11.6. The molecule has 3 heteroatoms. The summed E-state index contributed by atoms with van der Waals surface area (Å²) >= 11 is 0. The molecule has 3 rings (SSSR count). The zero-order chi connectivity index (χ0) is 13.6. The summed E-state index contributed by atoms with van der Waals surface area (Å²) in [6, 6.07) is 7.98. The minimum Gasteiger partial charge on any atom is -0.394 e. The molecular formula is C16H21NO2. The third-order valence-electron chi connectivity index (χ3n) is 4.68. The van der Waals surface area contributed by atoms with Crippen LogP contribution in [0.15, 0.2) is 24.3 Å². The Morgan fingerprint density at radius 3 is 2.74 bits per heavy atom. The number of nitrogens with zero attached hydrogens (tertiary/aromatic N) is 1. The van der Waals surface area contributed by atoms with Crippen LogP contribution in [0.5, 0.6) is 0 Å². The minimum atomic E-state index is -0.158. The molecule has 1 N–H and O–H groups in total. The molecule has 0 aromatic heterocycles. The lowest BCUT2D eigenvalue weighted by molar-refractivity contribution is -0.137. The smallest absolute Gasteiger partial charge is 0.226 e. The Bertz CT molecular complexity index is 509. The third-order valence-corrected chi connectivity index (χ3v) is 4.68. The number of carbonyl (C=O) groups excluding carboxylic acids is 1. The summed E-state index contributed by atoms with van der Waals surface area (Å²) in [7, 11) is 0. The molecule has 1 heterocycles. The quantitative estimate of drug-likeness (QED) is 0.884. The van der Waals surface area contributed by atoms with E-state index in [2.05, 4.69) is 19.9 Å². The Labute approximate surface area is 114 Å². The number of fused-ring (bicyclic) bond motifs is 1. The van der Waals surface area contributed by atoms with Crippen LogP contribution in [0.2, 0.25) is 0 Å². The van der Waals surface area contributed by atoms with Crippen molar-refractivity contribution in [3.63, 3.8) is 0 Å². The van der Waals surface area contributed by atoms with Gasteiger partial charge in [0.1, 0.15) is 0 Å². The lowest BCUT2D eigenvalue weighted by atomic mass is 9.92. The molecule has 0 unspecified atom stereocenters. The van der Waals surface area contributed by atoms with E-state index < -0.39 is 0 Å². The van der Waals surface area contributed by atoms with E-state index in [1.807, 2.05) is 23.1 Å². The first kappa shape index (κ1) is 12.7. The van der Waals surface area contributed by atoms with E-state index >= 15 is 0 Å². The van der Waals surface area contributed by atoms with E-state index in [0.717, 1.165) is 24.9 Å². The molecule has 1 saturated carbocycles. The van der Waals surface area contributed by atoms with Gasteiger partial charge in [0, 0.05) is 12.5 Å². The van der Waals surface area contributed by atoms with E-state index in [-0.39, 0.29) is 29.9 Å². The highest BCUT2D eigenvalue weighted by atomic mass is 16.3. The first-order valence-electron chi connectivity index (χ1n) is 7.04. The number of benzene rings is 1. The molecule has 1 aliphatic carbocycles. The highest BCUT2D eigenvalue weighted by Crippen LogP contribution is 2.53. The van der Waals surface area contributed by atoms with Gasteiger partial charge < -0.3 is 10.0 Å². The second-order valence-electron chi connectivity index (χ2n) is 6.42. The monoisotopic (exact) mass is 259 g/mol. The van der Waals surface area contributed by atoms with Gasteiger partial charge in [0.15, 0.2) is 0 Å². The van der Waals surface area contributed by atoms with Crippen molar-refractivity contribution in [3.05, 3.63) is 35.4 Å². The van der Waals surface area contributed by atoms with Crippen LogP contribution in [-0.2, 0) is 11.2 Å². The Hall–Kier alpha value is -1.35. The normalized spacial score (nSPS) is 27.8. The number of carbonyl (C=O) groups is 1. The molecule has 0 spiro atoms. The van der Waals surface area contributed by atoms with Crippen LogP contribution in [0, 0.1) is 11.3 Å². The molecule has 0 radical (unpaired) electrons. The number of amides is 1. The first-order valence-corrected chi connectivity index (χ1v) is 7.04. The number of rotatable bonds is 2. The van der Waals surface area contributed by atoms with Crippen LogP contribution in [-0.4, -0.2) is 29.1 Å². The van der Waals surface area contributed by atoms with Crippen molar-refractivity contribution in [2.24, 2.45) is 11.3 Å². The van der Waals surface area contributed by atoms with Gasteiger partial charge >= 0.3 is 0 Å². The van der Waals surface area contributed by atoms with Crippen molar-refractivity contribution in [1.29, 1.82) is 0 Å². The minimum absolute atomic E-state index is 0.00982. The van der Waals surface area contributed by atoms with E-state index in [1.165, 1.54) is 5.56 Å². The van der Waals surface area contributed by atoms with Crippen LogP contribution >= 0.6 is 0 Å². The summed E-state index contributed by atoms with van der Waals surface area (Å²) in [4.78, 5) is 14.5. The molecule has 1 fully saturated rings. The van der Waals surface area contributed by atoms with Crippen LogP contribution in [0.4, 0.5) is 0 Å². The first-order chi connectivity index (χ1) is 9.04. The summed E-state index contributed by atoms with van der Waals surface area (Å²) < 4.78 is 0. The zero-order valence-corrected chi connectivity index (χ0v) is 11.6. The summed E-state index contributed by atoms with van der Waals surface area (Å²) in [5.74, 6) is 0.366. The maximum Gasteiger partial charge on any atom is 0.226 e. The standard InChI is InChI=1S/C16H21NO2/c1-16(2)9-13(16)15(19)17-8-7-11-5-3-4-6-12(11)14(17)10-18/h3-6,13-14,18H,7-10H2,1-2H3/t13-,14-/m0/s1. The van der Waals surface area contributed by atoms with Gasteiger partial charge in [-0.05, 0) is 29.4 Å². The predicted octanol–water partition coefficient (Wildman–Crippen LogP) is 2.15. The molecule has 19 heavy (non-hydrogen) atoms. The van der Waals surface area contributed by atoms with Crippen molar-refractivity contribution >= 4 is 5.91 Å². The largest absolute Gasteiger partial charge is 0.394 e. The van der Waals surface area contributed by atoms with Gasteiger partial charge in [-0.15, -0.1) is 0 Å². The molecule has 2 atom stereocenters. The van der Waals surface area contributed by atoms with E-state index in [0.29, 0.717) is 0 Å². The molecule has 102 valence electrons. The Morgan fingerprint density at radius 2 is 2.11 bits per heavy atom. The highest BCUT2D eigenvalue weighted by Gasteiger charge is 2.53. The van der Waals surface area contributed by atoms with Crippen LogP contribution in [0.25, 0.3) is 0 Å². The average molecular weight is 259 g/mol. The fraction of sp³-hybridized carbons (Fsp3) is 0.562. The van der Waals surface area contributed by atoms with Crippen LogP contribution < -0.4 is 0 Å². The Morgan fingerprint density at radius 1 is 1.42 bits per heavy atom. The molecule has 0 bridgehead atoms. The van der Waals surface area contributed by atoms with Gasteiger partial charge in [0.25, 0.3) is 0 Å². The van der Waals surface area contributed by atoms with Crippen molar-refractivity contribution in [1.82, 2.24) is 4.90 Å². The number of aliphatic hydroxyl groups excluding tert-OH is 1. The van der Waals surface area contributed by atoms with Crippen LogP contribution in [0.1, 0.15) is 37.4 Å². The van der Waals surface area contributed by atoms with E-state index in [9.17, 15) is 9.90 Å². The van der Waals surface area contributed by atoms with Gasteiger partial charge in [-0.25, -0.2) is 0 Å². The Kier molecular flexibility index (Phi) is 2.90. The number of hydrogen-bond donors (Lipinski definition) is 1. The SMILES string of the molecule is CC1(C)C[C@H]1C(=O)N1CCc2ccccc2[C@@H]1CO. The van der Waals surface area contributed by atoms with Crippen molar-refractivity contribution in [2.45, 2.75) is 32.7 Å². The van der Waals surface area contributed by atoms with Gasteiger partial charge in [-0.1, -0.05) is 38.1 Å². The maximum absolute atomic E-state index is 12.6. The Balaban J connectivity index is 1.86. The second-order valence-corrected chi connectivity index (χ2v) is 6.42. The number of hydrogen-bond acceptors (Lipinski definition) is 2. The van der Waals surface area contributed by atoms with Gasteiger partial charge in [-0.3, -0.25) is 4.79 Å². The van der Waals surface area contributed by atoms with Crippen molar-refractivity contribution in [2.75, 3.05) is 13.2 Å². The molecule has 1 aromatic carbocycles. The molecule has 1 aliphatic heterocycles. The molecule has 3 nitrogen and oxygen atoms in total.